The lowest BCUT2D eigenvalue weighted by Gasteiger charge is -2.03. The van der Waals surface area contributed by atoms with Crippen LogP contribution in [0.2, 0.25) is 0 Å². The molecule has 0 radical (unpaired) electrons. The molecule has 0 heterocycles. The van der Waals surface area contributed by atoms with Crippen LogP contribution in [0.15, 0.2) is 34.3 Å². The van der Waals surface area contributed by atoms with Gasteiger partial charge in [0.15, 0.2) is 0 Å². The maximum Gasteiger partial charge on any atom is 0.147 e. The van der Waals surface area contributed by atoms with Gasteiger partial charge in [-0.25, -0.2) is 0 Å². The molecule has 3 heteroatoms. The molecule has 68 valence electrons. The molecule has 0 aliphatic heterocycles. The van der Waals surface area contributed by atoms with Gasteiger partial charge in [0.25, 0.3) is 0 Å². The van der Waals surface area contributed by atoms with E-state index in [9.17, 15) is 4.79 Å². The lowest BCUT2D eigenvalue weighted by atomic mass is 10.1. The predicted octanol–water partition coefficient (Wildman–Crippen LogP) is 3.62. The van der Waals surface area contributed by atoms with Crippen LogP contribution in [0.25, 0.3) is 5.03 Å². The van der Waals surface area contributed by atoms with Crippen LogP contribution in [0.1, 0.15) is 12.5 Å². The summed E-state index contributed by atoms with van der Waals surface area (Å²) in [5.41, 5.74) is 1.38. The van der Waals surface area contributed by atoms with E-state index < -0.39 is 0 Å². The Morgan fingerprint density at radius 1 is 1.46 bits per heavy atom. The smallest absolute Gasteiger partial charge is 0.147 e. The highest BCUT2D eigenvalue weighted by molar-refractivity contribution is 9.10. The zero-order valence-electron chi connectivity index (χ0n) is 7.05. The van der Waals surface area contributed by atoms with Crippen molar-refractivity contribution in [2.45, 2.75) is 6.92 Å². The van der Waals surface area contributed by atoms with Crippen LogP contribution in [0, 0.1) is 0 Å². The van der Waals surface area contributed by atoms with Crippen LogP contribution in [0.3, 0.4) is 0 Å². The normalized spacial score (nSPS) is 12.2. The Hall–Kier alpha value is -0.600. The van der Waals surface area contributed by atoms with E-state index in [4.69, 9.17) is 11.6 Å². The molecule has 13 heavy (non-hydrogen) atoms. The Balaban J connectivity index is 3.23. The van der Waals surface area contributed by atoms with E-state index >= 15 is 0 Å². The average Bonchev–Trinajstić information content (AvgIpc) is 2.16. The zero-order chi connectivity index (χ0) is 9.84. The summed E-state index contributed by atoms with van der Waals surface area (Å²) >= 11 is 9.34. The lowest BCUT2D eigenvalue weighted by Crippen LogP contribution is -1.85. The molecule has 0 aliphatic carbocycles. The van der Waals surface area contributed by atoms with Crippen molar-refractivity contribution in [3.8, 4) is 0 Å². The van der Waals surface area contributed by atoms with Crippen molar-refractivity contribution in [2.75, 3.05) is 0 Å². The minimum Gasteiger partial charge on any atom is -0.298 e. The maximum absolute atomic E-state index is 10.5. The molecule has 0 fully saturated rings. The number of carbonyl (C=O) groups excluding carboxylic acids is 1. The fourth-order valence-electron chi connectivity index (χ4n) is 0.903. The Morgan fingerprint density at radius 3 is 2.62 bits per heavy atom. The number of aldehydes is 1. The lowest BCUT2D eigenvalue weighted by molar-refractivity contribution is -0.104. The van der Waals surface area contributed by atoms with E-state index in [0.717, 1.165) is 16.3 Å². The molecule has 1 rings (SSSR count). The van der Waals surface area contributed by atoms with E-state index in [2.05, 4.69) is 15.9 Å². The summed E-state index contributed by atoms with van der Waals surface area (Å²) in [5.74, 6) is 0. The molecular weight excluding hydrogens is 251 g/mol. The summed E-state index contributed by atoms with van der Waals surface area (Å²) in [6, 6.07) is 7.52. The van der Waals surface area contributed by atoms with E-state index in [-0.39, 0.29) is 0 Å². The van der Waals surface area contributed by atoms with Crippen molar-refractivity contribution in [3.63, 3.8) is 0 Å². The fourth-order valence-corrected chi connectivity index (χ4v) is 1.71. The van der Waals surface area contributed by atoms with Gasteiger partial charge in [-0.05, 0) is 13.0 Å². The van der Waals surface area contributed by atoms with Gasteiger partial charge in [0.2, 0.25) is 0 Å². The average molecular weight is 260 g/mol. The minimum atomic E-state index is 0.488. The molecular formula is C10H8BrClO. The van der Waals surface area contributed by atoms with Crippen molar-refractivity contribution in [1.29, 1.82) is 0 Å². The van der Waals surface area contributed by atoms with Crippen molar-refractivity contribution in [1.82, 2.24) is 0 Å². The van der Waals surface area contributed by atoms with E-state index in [1.54, 1.807) is 6.92 Å². The standard InChI is InChI=1S/C10H8BrClO/c1-7(6-13)10(12)8-4-2-3-5-9(8)11/h2-6H,1H3. The van der Waals surface area contributed by atoms with Gasteiger partial charge >= 0.3 is 0 Å². The van der Waals surface area contributed by atoms with Gasteiger partial charge in [0.05, 0.1) is 5.03 Å². The summed E-state index contributed by atoms with van der Waals surface area (Å²) in [6.45, 7) is 1.69. The fraction of sp³-hybridized carbons (Fsp3) is 0.100. The monoisotopic (exact) mass is 258 g/mol. The van der Waals surface area contributed by atoms with Crippen molar-refractivity contribution >= 4 is 38.8 Å². The van der Waals surface area contributed by atoms with Crippen LogP contribution in [0.5, 0.6) is 0 Å². The van der Waals surface area contributed by atoms with Gasteiger partial charge in [-0.15, -0.1) is 0 Å². The molecule has 0 amide bonds. The van der Waals surface area contributed by atoms with Crippen molar-refractivity contribution in [2.24, 2.45) is 0 Å². The molecule has 0 saturated heterocycles. The van der Waals surface area contributed by atoms with Gasteiger partial charge in [0, 0.05) is 15.6 Å². The number of allylic oxidation sites excluding steroid dienone is 1. The second kappa shape index (κ2) is 4.58. The SMILES string of the molecule is CC(C=O)=C(Cl)c1ccccc1Br. The highest BCUT2D eigenvalue weighted by atomic mass is 79.9. The van der Waals surface area contributed by atoms with Crippen molar-refractivity contribution in [3.05, 3.63) is 39.9 Å². The molecule has 0 aliphatic rings. The first-order valence-corrected chi connectivity index (χ1v) is 4.90. The quantitative estimate of drug-likeness (QED) is 0.586. The molecule has 1 aromatic carbocycles. The zero-order valence-corrected chi connectivity index (χ0v) is 9.39. The first-order valence-electron chi connectivity index (χ1n) is 3.73. The predicted molar refractivity (Wildman–Crippen MR) is 58.7 cm³/mol. The summed E-state index contributed by atoms with van der Waals surface area (Å²) in [4.78, 5) is 10.5. The number of carbonyl (C=O) groups is 1. The third kappa shape index (κ3) is 2.42. The van der Waals surface area contributed by atoms with Gasteiger partial charge in [-0.2, -0.15) is 0 Å². The number of rotatable bonds is 2. The molecule has 0 spiro atoms. The molecule has 0 unspecified atom stereocenters. The second-order valence-corrected chi connectivity index (χ2v) is 3.83. The summed E-state index contributed by atoms with van der Waals surface area (Å²) in [7, 11) is 0. The number of benzene rings is 1. The summed E-state index contributed by atoms with van der Waals surface area (Å²) in [5, 5.41) is 0.488. The first kappa shape index (κ1) is 10.5. The highest BCUT2D eigenvalue weighted by Gasteiger charge is 2.05. The highest BCUT2D eigenvalue weighted by Crippen LogP contribution is 2.28. The molecule has 0 bridgehead atoms. The Labute approximate surface area is 90.5 Å². The number of hydrogen-bond acceptors (Lipinski definition) is 1. The minimum absolute atomic E-state index is 0.488. The third-order valence-electron chi connectivity index (χ3n) is 1.63. The Bertz CT molecular complexity index is 358. The van der Waals surface area contributed by atoms with Gasteiger partial charge in [-0.3, -0.25) is 4.79 Å². The molecule has 0 N–H and O–H groups in total. The van der Waals surface area contributed by atoms with E-state index in [1.165, 1.54) is 0 Å². The first-order chi connectivity index (χ1) is 6.16. The summed E-state index contributed by atoms with van der Waals surface area (Å²) < 4.78 is 0.890. The summed E-state index contributed by atoms with van der Waals surface area (Å²) in [6.07, 6.45) is 0.752. The van der Waals surface area contributed by atoms with E-state index in [0.29, 0.717) is 10.6 Å². The Kier molecular flexibility index (Phi) is 3.70. The molecule has 0 saturated carbocycles. The Morgan fingerprint density at radius 2 is 2.08 bits per heavy atom. The van der Waals surface area contributed by atoms with Gasteiger partial charge < -0.3 is 0 Å². The number of hydrogen-bond donors (Lipinski definition) is 0. The molecule has 1 nitrogen and oxygen atoms in total. The second-order valence-electron chi connectivity index (χ2n) is 2.59. The van der Waals surface area contributed by atoms with Crippen LogP contribution in [0.4, 0.5) is 0 Å². The van der Waals surface area contributed by atoms with Crippen LogP contribution >= 0.6 is 27.5 Å². The van der Waals surface area contributed by atoms with Crippen molar-refractivity contribution < 1.29 is 4.79 Å². The third-order valence-corrected chi connectivity index (χ3v) is 2.83. The maximum atomic E-state index is 10.5. The van der Waals surface area contributed by atoms with Crippen LogP contribution < -0.4 is 0 Å². The van der Waals surface area contributed by atoms with Crippen LogP contribution in [-0.2, 0) is 4.79 Å². The van der Waals surface area contributed by atoms with E-state index in [1.807, 2.05) is 24.3 Å². The number of halogens is 2. The largest absolute Gasteiger partial charge is 0.298 e. The van der Waals surface area contributed by atoms with Gasteiger partial charge in [0.1, 0.15) is 6.29 Å². The van der Waals surface area contributed by atoms with Gasteiger partial charge in [-0.1, -0.05) is 45.7 Å². The van der Waals surface area contributed by atoms with Crippen LogP contribution in [-0.4, -0.2) is 6.29 Å². The molecule has 0 aromatic heterocycles. The topological polar surface area (TPSA) is 17.1 Å². The molecule has 1 aromatic rings. The molecule has 0 atom stereocenters.